The first-order chi connectivity index (χ1) is 17.9. The summed E-state index contributed by atoms with van der Waals surface area (Å²) in [6.07, 6.45) is 1.48. The molecule has 0 fully saturated rings. The highest BCUT2D eigenvalue weighted by molar-refractivity contribution is 14.1. The Kier molecular flexibility index (Phi) is 10.4. The van der Waals surface area contributed by atoms with Gasteiger partial charge in [-0.05, 0) is 90.5 Å². The lowest BCUT2D eigenvalue weighted by atomic mass is 10.1. The van der Waals surface area contributed by atoms with Gasteiger partial charge < -0.3 is 19.5 Å². The minimum Gasteiger partial charge on any atom is -0.490 e. The molecule has 0 saturated carbocycles. The molecule has 0 atom stereocenters. The van der Waals surface area contributed by atoms with Crippen LogP contribution < -0.4 is 14.8 Å². The van der Waals surface area contributed by atoms with Crippen molar-refractivity contribution >= 4 is 57.8 Å². The van der Waals surface area contributed by atoms with Crippen LogP contribution >= 0.6 is 34.2 Å². The summed E-state index contributed by atoms with van der Waals surface area (Å²) in [7, 11) is 0. The number of hydrogen-bond acceptors (Lipinski definition) is 6. The second-order valence-electron chi connectivity index (χ2n) is 7.56. The summed E-state index contributed by atoms with van der Waals surface area (Å²) >= 11 is 8.36. The molecular weight excluding hydrogens is 607 g/mol. The van der Waals surface area contributed by atoms with E-state index in [1.807, 2.05) is 31.2 Å². The summed E-state index contributed by atoms with van der Waals surface area (Å²) in [5.41, 5.74) is 2.14. The molecule has 0 radical (unpaired) electrons. The highest BCUT2D eigenvalue weighted by Crippen LogP contribution is 2.36. The minimum absolute atomic E-state index is 0.0996. The van der Waals surface area contributed by atoms with Crippen LogP contribution in [0.4, 0.5) is 5.69 Å². The quantitative estimate of drug-likeness (QED) is 0.117. The standard InChI is InChI=1S/C28H24ClIN2O5/c1-3-35-25-15-18(14-24(30)26(25)37-17-20-7-5-6-8-23(20)29)13-21(16-31)27(33)32-22-11-9-19(10-12-22)28(34)36-4-2/h5-15H,3-4,17H2,1-2H3,(H,32,33)/b21-13+. The van der Waals surface area contributed by atoms with Gasteiger partial charge in [-0.3, -0.25) is 4.79 Å². The SMILES string of the molecule is CCOC(=O)c1ccc(NC(=O)/C(C#N)=C/c2cc(I)c(OCc3ccccc3Cl)c(OCC)c2)cc1. The Morgan fingerprint density at radius 1 is 1.05 bits per heavy atom. The van der Waals surface area contributed by atoms with Crippen LogP contribution in [0.25, 0.3) is 6.08 Å². The van der Waals surface area contributed by atoms with E-state index in [9.17, 15) is 14.9 Å². The lowest BCUT2D eigenvalue weighted by molar-refractivity contribution is -0.112. The van der Waals surface area contributed by atoms with Crippen LogP contribution in [-0.4, -0.2) is 25.1 Å². The van der Waals surface area contributed by atoms with Crippen LogP contribution in [0.3, 0.4) is 0 Å². The van der Waals surface area contributed by atoms with Crippen LogP contribution in [0.5, 0.6) is 11.5 Å². The zero-order valence-electron chi connectivity index (χ0n) is 20.2. The Morgan fingerprint density at radius 2 is 1.78 bits per heavy atom. The Morgan fingerprint density at radius 3 is 2.43 bits per heavy atom. The Labute approximate surface area is 234 Å². The zero-order chi connectivity index (χ0) is 26.8. The van der Waals surface area contributed by atoms with E-state index in [1.165, 1.54) is 6.08 Å². The number of carbonyl (C=O) groups is 2. The fourth-order valence-corrected chi connectivity index (χ4v) is 4.23. The van der Waals surface area contributed by atoms with E-state index in [0.717, 1.165) is 9.13 Å². The topological polar surface area (TPSA) is 97.7 Å². The van der Waals surface area contributed by atoms with Crippen molar-refractivity contribution in [3.05, 3.63) is 91.5 Å². The number of amides is 1. The van der Waals surface area contributed by atoms with Gasteiger partial charge in [0.05, 0.1) is 22.3 Å². The van der Waals surface area contributed by atoms with E-state index < -0.39 is 11.9 Å². The van der Waals surface area contributed by atoms with E-state index >= 15 is 0 Å². The maximum Gasteiger partial charge on any atom is 0.338 e. The third-order valence-corrected chi connectivity index (χ3v) is 6.16. The first-order valence-electron chi connectivity index (χ1n) is 11.4. The molecule has 0 aliphatic rings. The van der Waals surface area contributed by atoms with Gasteiger partial charge >= 0.3 is 5.97 Å². The number of ether oxygens (including phenoxy) is 3. The molecule has 3 aromatic rings. The molecular formula is C28H24ClIN2O5. The van der Waals surface area contributed by atoms with E-state index in [2.05, 4.69) is 27.9 Å². The molecule has 7 nitrogen and oxygen atoms in total. The Bertz CT molecular complexity index is 1350. The van der Waals surface area contributed by atoms with Gasteiger partial charge in [0.15, 0.2) is 11.5 Å². The summed E-state index contributed by atoms with van der Waals surface area (Å²) in [4.78, 5) is 24.6. The third-order valence-electron chi connectivity index (χ3n) is 4.99. The molecule has 190 valence electrons. The smallest absolute Gasteiger partial charge is 0.338 e. The number of rotatable bonds is 10. The van der Waals surface area contributed by atoms with Crippen LogP contribution in [-0.2, 0) is 16.1 Å². The van der Waals surface area contributed by atoms with Crippen molar-refractivity contribution in [3.8, 4) is 17.6 Å². The van der Waals surface area contributed by atoms with Gasteiger partial charge in [-0.2, -0.15) is 5.26 Å². The lowest BCUT2D eigenvalue weighted by Gasteiger charge is -2.15. The second-order valence-corrected chi connectivity index (χ2v) is 9.13. The normalized spacial score (nSPS) is 10.8. The molecule has 0 aromatic heterocycles. The minimum atomic E-state index is -0.585. The maximum absolute atomic E-state index is 12.8. The van der Waals surface area contributed by atoms with Crippen LogP contribution in [0, 0.1) is 14.9 Å². The number of benzene rings is 3. The molecule has 1 N–H and O–H groups in total. The molecule has 0 aliphatic heterocycles. The summed E-state index contributed by atoms with van der Waals surface area (Å²) in [6.45, 7) is 4.51. The molecule has 0 spiro atoms. The Hall–Kier alpha value is -3.55. The predicted molar refractivity (Wildman–Crippen MR) is 151 cm³/mol. The van der Waals surface area contributed by atoms with Crippen molar-refractivity contribution < 1.29 is 23.8 Å². The van der Waals surface area contributed by atoms with Crippen LogP contribution in [0.2, 0.25) is 5.02 Å². The summed E-state index contributed by atoms with van der Waals surface area (Å²) in [5.74, 6) is -0.000457. The fourth-order valence-electron chi connectivity index (χ4n) is 3.26. The number of nitriles is 1. The van der Waals surface area contributed by atoms with Gasteiger partial charge in [0.1, 0.15) is 18.2 Å². The average molecular weight is 631 g/mol. The molecule has 3 aromatic carbocycles. The number of halogens is 2. The average Bonchev–Trinajstić information content (AvgIpc) is 2.88. The first-order valence-corrected chi connectivity index (χ1v) is 12.8. The van der Waals surface area contributed by atoms with Crippen molar-refractivity contribution in [2.75, 3.05) is 18.5 Å². The van der Waals surface area contributed by atoms with E-state index in [4.69, 9.17) is 25.8 Å². The number of anilines is 1. The predicted octanol–water partition coefficient (Wildman–Crippen LogP) is 6.64. The largest absolute Gasteiger partial charge is 0.490 e. The molecule has 1 amide bonds. The first kappa shape index (κ1) is 28.0. The van der Waals surface area contributed by atoms with Gasteiger partial charge in [-0.15, -0.1) is 0 Å². The maximum atomic E-state index is 12.8. The molecule has 0 bridgehead atoms. The van der Waals surface area contributed by atoms with Crippen LogP contribution in [0.15, 0.2) is 66.2 Å². The molecule has 0 aliphatic carbocycles. The van der Waals surface area contributed by atoms with Crippen LogP contribution in [0.1, 0.15) is 35.3 Å². The fraction of sp³-hybridized carbons (Fsp3) is 0.179. The molecule has 3 rings (SSSR count). The van der Waals surface area contributed by atoms with Gasteiger partial charge in [-0.25, -0.2) is 4.79 Å². The van der Waals surface area contributed by atoms with Crippen molar-refractivity contribution in [1.82, 2.24) is 0 Å². The molecule has 9 heteroatoms. The van der Waals surface area contributed by atoms with Gasteiger partial charge in [0.2, 0.25) is 0 Å². The molecule has 37 heavy (non-hydrogen) atoms. The number of nitrogens with one attached hydrogen (secondary N) is 1. The van der Waals surface area contributed by atoms with E-state index in [0.29, 0.717) is 39.9 Å². The zero-order valence-corrected chi connectivity index (χ0v) is 23.1. The van der Waals surface area contributed by atoms with E-state index in [1.54, 1.807) is 49.4 Å². The highest BCUT2D eigenvalue weighted by atomic mass is 127. The summed E-state index contributed by atoms with van der Waals surface area (Å²) < 4.78 is 17.5. The third kappa shape index (κ3) is 7.71. The molecule has 0 heterocycles. The van der Waals surface area contributed by atoms with Crippen molar-refractivity contribution in [1.29, 1.82) is 5.26 Å². The monoisotopic (exact) mass is 630 g/mol. The molecule has 0 unspecified atom stereocenters. The molecule has 0 saturated heterocycles. The number of hydrogen-bond donors (Lipinski definition) is 1. The van der Waals surface area contributed by atoms with Crippen molar-refractivity contribution in [3.63, 3.8) is 0 Å². The van der Waals surface area contributed by atoms with Gasteiger partial charge in [-0.1, -0.05) is 29.8 Å². The number of carbonyl (C=O) groups excluding carboxylic acids is 2. The highest BCUT2D eigenvalue weighted by Gasteiger charge is 2.15. The van der Waals surface area contributed by atoms with E-state index in [-0.39, 0.29) is 18.8 Å². The van der Waals surface area contributed by atoms with Gasteiger partial charge in [0, 0.05) is 16.3 Å². The lowest BCUT2D eigenvalue weighted by Crippen LogP contribution is -2.13. The van der Waals surface area contributed by atoms with Crippen molar-refractivity contribution in [2.24, 2.45) is 0 Å². The second kappa shape index (κ2) is 13.7. The van der Waals surface area contributed by atoms with Gasteiger partial charge in [0.25, 0.3) is 5.91 Å². The number of nitrogens with zero attached hydrogens (tertiary/aromatic N) is 1. The van der Waals surface area contributed by atoms with Crippen molar-refractivity contribution in [2.45, 2.75) is 20.5 Å². The summed E-state index contributed by atoms with van der Waals surface area (Å²) in [5, 5.41) is 12.9. The number of esters is 1. The summed E-state index contributed by atoms with van der Waals surface area (Å²) in [6, 6.07) is 19.1. The Balaban J connectivity index is 1.80.